The third-order valence-corrected chi connectivity index (χ3v) is 6.27. The van der Waals surface area contributed by atoms with E-state index in [1.807, 2.05) is 6.92 Å². The van der Waals surface area contributed by atoms with E-state index in [-0.39, 0.29) is 4.21 Å². The first-order valence-corrected chi connectivity index (χ1v) is 8.66. The number of nitrogens with one attached hydrogen (secondary N) is 1. The normalized spacial score (nSPS) is 13.1. The van der Waals surface area contributed by atoms with Gasteiger partial charge in [-0.3, -0.25) is 0 Å². The number of thiophene rings is 1. The monoisotopic (exact) mass is 344 g/mol. The number of halogens is 3. The molecule has 0 aliphatic rings. The summed E-state index contributed by atoms with van der Waals surface area (Å²) < 4.78 is 61.5. The standard InChI is InChI=1S/C12H19F3N2O2S2/c1-4-5-16-7-10-9(2)6-11(20-10)21(18,19)17(3)8-12(13,14)15/h6,16H,4-5,7-8H2,1-3H3. The number of sulfonamides is 1. The van der Waals surface area contributed by atoms with E-state index in [1.165, 1.54) is 6.07 Å². The van der Waals surface area contributed by atoms with Crippen LogP contribution in [0.2, 0.25) is 0 Å². The lowest BCUT2D eigenvalue weighted by Crippen LogP contribution is -2.35. The zero-order valence-electron chi connectivity index (χ0n) is 12.1. The Balaban J connectivity index is 2.91. The van der Waals surface area contributed by atoms with Crippen molar-refractivity contribution in [3.63, 3.8) is 0 Å². The van der Waals surface area contributed by atoms with Crippen molar-refractivity contribution in [1.29, 1.82) is 0 Å². The average Bonchev–Trinajstić information content (AvgIpc) is 2.70. The Hall–Kier alpha value is -0.640. The molecule has 0 fully saturated rings. The van der Waals surface area contributed by atoms with Crippen LogP contribution in [0, 0.1) is 6.92 Å². The van der Waals surface area contributed by atoms with Gasteiger partial charge in [-0.1, -0.05) is 6.92 Å². The van der Waals surface area contributed by atoms with Crippen molar-refractivity contribution < 1.29 is 21.6 Å². The highest BCUT2D eigenvalue weighted by Gasteiger charge is 2.35. The van der Waals surface area contributed by atoms with E-state index in [1.54, 1.807) is 6.92 Å². The lowest BCUT2D eigenvalue weighted by Gasteiger charge is -2.17. The van der Waals surface area contributed by atoms with Gasteiger partial charge in [-0.25, -0.2) is 8.42 Å². The number of aryl methyl sites for hydroxylation is 1. The van der Waals surface area contributed by atoms with Crippen LogP contribution in [0.3, 0.4) is 0 Å². The largest absolute Gasteiger partial charge is 0.402 e. The van der Waals surface area contributed by atoms with Gasteiger partial charge in [-0.15, -0.1) is 11.3 Å². The third-order valence-electron chi connectivity index (χ3n) is 2.78. The second kappa shape index (κ2) is 7.08. The van der Waals surface area contributed by atoms with E-state index in [9.17, 15) is 21.6 Å². The second-order valence-corrected chi connectivity index (χ2v) is 8.13. The minimum atomic E-state index is -4.56. The van der Waals surface area contributed by atoms with Crippen LogP contribution in [0.25, 0.3) is 0 Å². The maximum atomic E-state index is 12.3. The summed E-state index contributed by atoms with van der Waals surface area (Å²) in [7, 11) is -3.16. The quantitative estimate of drug-likeness (QED) is 0.774. The molecule has 0 aliphatic heterocycles. The first-order chi connectivity index (χ1) is 9.58. The smallest absolute Gasteiger partial charge is 0.312 e. The minimum absolute atomic E-state index is 0.0555. The summed E-state index contributed by atoms with van der Waals surface area (Å²) in [5, 5.41) is 3.15. The van der Waals surface area contributed by atoms with Gasteiger partial charge in [0.1, 0.15) is 10.8 Å². The van der Waals surface area contributed by atoms with Crippen LogP contribution in [0.1, 0.15) is 23.8 Å². The Kier molecular flexibility index (Phi) is 6.21. The van der Waals surface area contributed by atoms with Crippen LogP contribution < -0.4 is 5.32 Å². The maximum Gasteiger partial charge on any atom is 0.402 e. The first-order valence-electron chi connectivity index (χ1n) is 6.41. The van der Waals surface area contributed by atoms with Gasteiger partial charge in [-0.05, 0) is 31.5 Å². The minimum Gasteiger partial charge on any atom is -0.312 e. The van der Waals surface area contributed by atoms with Crippen LogP contribution in [0.15, 0.2) is 10.3 Å². The highest BCUT2D eigenvalue weighted by Crippen LogP contribution is 2.29. The van der Waals surface area contributed by atoms with E-state index in [4.69, 9.17) is 0 Å². The molecule has 1 heterocycles. The first kappa shape index (κ1) is 18.4. The van der Waals surface area contributed by atoms with Gasteiger partial charge in [0.05, 0.1) is 0 Å². The maximum absolute atomic E-state index is 12.3. The van der Waals surface area contributed by atoms with Crippen molar-refractivity contribution in [2.45, 2.75) is 37.2 Å². The van der Waals surface area contributed by atoms with E-state index in [0.717, 1.165) is 41.8 Å². The van der Waals surface area contributed by atoms with Crippen molar-refractivity contribution in [2.75, 3.05) is 20.1 Å². The summed E-state index contributed by atoms with van der Waals surface area (Å²) in [5.74, 6) is 0. The van der Waals surface area contributed by atoms with Gasteiger partial charge in [0, 0.05) is 18.5 Å². The van der Waals surface area contributed by atoms with Crippen molar-refractivity contribution in [2.24, 2.45) is 0 Å². The highest BCUT2D eigenvalue weighted by molar-refractivity contribution is 7.91. The average molecular weight is 344 g/mol. The van der Waals surface area contributed by atoms with Crippen LogP contribution in [0.4, 0.5) is 13.2 Å². The molecule has 0 amide bonds. The molecule has 0 bridgehead atoms. The third kappa shape index (κ3) is 5.24. The van der Waals surface area contributed by atoms with Crippen molar-refractivity contribution >= 4 is 21.4 Å². The molecular weight excluding hydrogens is 325 g/mol. The predicted octanol–water partition coefficient (Wildman–Crippen LogP) is 2.74. The van der Waals surface area contributed by atoms with Crippen LogP contribution in [0.5, 0.6) is 0 Å². The topological polar surface area (TPSA) is 49.4 Å². The van der Waals surface area contributed by atoms with E-state index < -0.39 is 22.7 Å². The number of nitrogens with zero attached hydrogens (tertiary/aromatic N) is 1. The SMILES string of the molecule is CCCNCc1sc(S(=O)(=O)N(C)CC(F)(F)F)cc1C. The molecule has 0 radical (unpaired) electrons. The van der Waals surface area contributed by atoms with Gasteiger partial charge >= 0.3 is 6.18 Å². The summed E-state index contributed by atoms with van der Waals surface area (Å²) >= 11 is 1.01. The summed E-state index contributed by atoms with van der Waals surface area (Å²) in [6.07, 6.45) is -3.61. The summed E-state index contributed by atoms with van der Waals surface area (Å²) in [6.45, 7) is 3.59. The molecule has 1 aromatic heterocycles. The van der Waals surface area contributed by atoms with Crippen LogP contribution in [-0.4, -0.2) is 39.0 Å². The molecule has 1 rings (SSSR count). The molecule has 0 saturated heterocycles. The molecule has 1 N–H and O–H groups in total. The number of hydrogen-bond donors (Lipinski definition) is 1. The van der Waals surface area contributed by atoms with Gasteiger partial charge in [-0.2, -0.15) is 17.5 Å². The summed E-state index contributed by atoms with van der Waals surface area (Å²) in [4.78, 5) is 0.822. The zero-order valence-corrected chi connectivity index (χ0v) is 13.8. The molecule has 0 aromatic carbocycles. The lowest BCUT2D eigenvalue weighted by molar-refractivity contribution is -0.134. The van der Waals surface area contributed by atoms with Crippen LogP contribution in [-0.2, 0) is 16.6 Å². The molecule has 9 heteroatoms. The molecule has 0 aliphatic carbocycles. The zero-order chi connectivity index (χ0) is 16.3. The number of rotatable bonds is 7. The summed E-state index contributed by atoms with van der Waals surface area (Å²) in [6, 6.07) is 1.43. The molecular formula is C12H19F3N2O2S2. The van der Waals surface area contributed by atoms with Crippen molar-refractivity contribution in [3.05, 3.63) is 16.5 Å². The van der Waals surface area contributed by atoms with E-state index in [2.05, 4.69) is 5.32 Å². The highest BCUT2D eigenvalue weighted by atomic mass is 32.2. The number of alkyl halides is 3. The Bertz CT molecular complexity index is 568. The molecule has 0 spiro atoms. The summed E-state index contributed by atoms with van der Waals surface area (Å²) in [5.41, 5.74) is 0.766. The Morgan fingerprint density at radius 2 is 2.00 bits per heavy atom. The van der Waals surface area contributed by atoms with Crippen LogP contribution >= 0.6 is 11.3 Å². The fourth-order valence-electron chi connectivity index (χ4n) is 1.66. The molecule has 122 valence electrons. The molecule has 0 atom stereocenters. The number of hydrogen-bond acceptors (Lipinski definition) is 4. The van der Waals surface area contributed by atoms with Gasteiger partial charge in [0.25, 0.3) is 10.0 Å². The molecule has 21 heavy (non-hydrogen) atoms. The molecule has 0 unspecified atom stereocenters. The molecule has 1 aromatic rings. The van der Waals surface area contributed by atoms with Gasteiger partial charge < -0.3 is 5.32 Å². The molecule has 4 nitrogen and oxygen atoms in total. The fourth-order valence-corrected chi connectivity index (χ4v) is 4.59. The molecule has 0 saturated carbocycles. The lowest BCUT2D eigenvalue weighted by atomic mass is 10.3. The Morgan fingerprint density at radius 1 is 1.38 bits per heavy atom. The predicted molar refractivity (Wildman–Crippen MR) is 76.9 cm³/mol. The van der Waals surface area contributed by atoms with Gasteiger partial charge in [0.15, 0.2) is 0 Å². The van der Waals surface area contributed by atoms with E-state index in [0.29, 0.717) is 10.8 Å². The van der Waals surface area contributed by atoms with Crippen molar-refractivity contribution in [1.82, 2.24) is 9.62 Å². The fraction of sp³-hybridized carbons (Fsp3) is 0.667. The Labute approximate surface area is 127 Å². The van der Waals surface area contributed by atoms with Gasteiger partial charge in [0.2, 0.25) is 0 Å². The van der Waals surface area contributed by atoms with Crippen molar-refractivity contribution in [3.8, 4) is 0 Å². The van der Waals surface area contributed by atoms with E-state index >= 15 is 0 Å². The second-order valence-electron chi connectivity index (χ2n) is 4.72. The Morgan fingerprint density at radius 3 is 2.52 bits per heavy atom.